The number of ether oxygens (including phenoxy) is 1. The molecule has 0 spiro atoms. The van der Waals surface area contributed by atoms with Gasteiger partial charge in [0, 0.05) is 17.9 Å². The monoisotopic (exact) mass is 308 g/mol. The van der Waals surface area contributed by atoms with Crippen LogP contribution < -0.4 is 10.1 Å². The highest BCUT2D eigenvalue weighted by atomic mass is 32.2. The lowest BCUT2D eigenvalue weighted by atomic mass is 10.1. The lowest BCUT2D eigenvalue weighted by Crippen LogP contribution is -2.35. The molecule has 1 N–H and O–H groups in total. The van der Waals surface area contributed by atoms with Gasteiger partial charge in [0.25, 0.3) is 0 Å². The van der Waals surface area contributed by atoms with Gasteiger partial charge in [-0.25, -0.2) is 0 Å². The fourth-order valence-electron chi connectivity index (χ4n) is 2.69. The third kappa shape index (κ3) is 3.35. The summed E-state index contributed by atoms with van der Waals surface area (Å²) >= 11 is 1.75. The third-order valence-corrected chi connectivity index (χ3v) is 4.43. The summed E-state index contributed by atoms with van der Waals surface area (Å²) in [6.07, 6.45) is 1.96. The first-order chi connectivity index (χ1) is 10.1. The second-order valence-electron chi connectivity index (χ2n) is 5.56. The van der Waals surface area contributed by atoms with Crippen molar-refractivity contribution in [3.63, 3.8) is 0 Å². The van der Waals surface area contributed by atoms with Crippen LogP contribution in [0.2, 0.25) is 0 Å². The molecule has 1 amide bonds. The number of para-hydroxylation sites is 1. The fourth-order valence-corrected chi connectivity index (χ4v) is 3.07. The molecule has 4 nitrogen and oxygen atoms in total. The third-order valence-electron chi connectivity index (χ3n) is 3.83. The molecule has 2 rings (SSSR count). The number of rotatable bonds is 6. The van der Waals surface area contributed by atoms with Crippen molar-refractivity contribution >= 4 is 17.7 Å². The molecule has 116 valence electrons. The number of carbonyl (C=O) groups excluding carboxylic acids is 1. The van der Waals surface area contributed by atoms with E-state index in [1.165, 1.54) is 0 Å². The summed E-state index contributed by atoms with van der Waals surface area (Å²) in [7, 11) is 1.67. The Balaban J connectivity index is 2.32. The van der Waals surface area contributed by atoms with E-state index in [0.29, 0.717) is 0 Å². The highest BCUT2D eigenvalue weighted by Crippen LogP contribution is 2.33. The molecule has 1 aromatic rings. The minimum absolute atomic E-state index is 0.104. The highest BCUT2D eigenvalue weighted by molar-refractivity contribution is 7.98. The average Bonchev–Trinajstić information content (AvgIpc) is 2.82. The van der Waals surface area contributed by atoms with Gasteiger partial charge in [-0.05, 0) is 18.2 Å². The van der Waals surface area contributed by atoms with Crippen LogP contribution in [0.5, 0.6) is 5.75 Å². The molecule has 0 bridgehead atoms. The van der Waals surface area contributed by atoms with Crippen molar-refractivity contribution in [2.45, 2.75) is 26.1 Å². The van der Waals surface area contributed by atoms with Crippen molar-refractivity contribution < 1.29 is 9.53 Å². The van der Waals surface area contributed by atoms with E-state index in [4.69, 9.17) is 4.74 Å². The van der Waals surface area contributed by atoms with Crippen molar-refractivity contribution in [1.82, 2.24) is 10.2 Å². The first kappa shape index (κ1) is 16.2. The average molecular weight is 308 g/mol. The summed E-state index contributed by atoms with van der Waals surface area (Å²) in [4.78, 5) is 14.6. The van der Waals surface area contributed by atoms with E-state index in [2.05, 4.69) is 25.4 Å². The molecule has 0 aliphatic carbocycles. The zero-order chi connectivity index (χ0) is 15.4. The Morgan fingerprint density at radius 2 is 2.10 bits per heavy atom. The number of hydrogen-bond donors (Lipinski definition) is 1. The van der Waals surface area contributed by atoms with Crippen LogP contribution >= 0.6 is 11.8 Å². The Hall–Kier alpha value is -1.20. The Bertz CT molecular complexity index is 493. The molecule has 1 heterocycles. The Labute approximate surface area is 131 Å². The van der Waals surface area contributed by atoms with Crippen LogP contribution in [0.1, 0.15) is 25.6 Å². The van der Waals surface area contributed by atoms with E-state index < -0.39 is 0 Å². The van der Waals surface area contributed by atoms with Crippen molar-refractivity contribution in [3.8, 4) is 5.75 Å². The van der Waals surface area contributed by atoms with Gasteiger partial charge in [0.05, 0.1) is 13.2 Å². The largest absolute Gasteiger partial charge is 0.496 e. The zero-order valence-corrected chi connectivity index (χ0v) is 13.9. The fraction of sp³-hybridized carbons (Fsp3) is 0.562. The lowest BCUT2D eigenvalue weighted by Gasteiger charge is -2.25. The summed E-state index contributed by atoms with van der Waals surface area (Å²) in [6.45, 7) is 4.90. The summed E-state index contributed by atoms with van der Waals surface area (Å²) in [6, 6.07) is 7.78. The van der Waals surface area contributed by atoms with Crippen molar-refractivity contribution in [3.05, 3.63) is 29.8 Å². The minimum atomic E-state index is -0.123. The van der Waals surface area contributed by atoms with Gasteiger partial charge in [-0.1, -0.05) is 32.0 Å². The Kier molecular flexibility index (Phi) is 5.53. The van der Waals surface area contributed by atoms with E-state index in [0.717, 1.165) is 23.6 Å². The first-order valence-electron chi connectivity index (χ1n) is 7.28. The number of methoxy groups -OCH3 is 1. The van der Waals surface area contributed by atoms with Gasteiger partial charge in [0.15, 0.2) is 0 Å². The SMILES string of the molecule is COc1ccccc1C1NC(C(C)C)C(=O)N1CCSC. The molecule has 1 saturated heterocycles. The predicted molar refractivity (Wildman–Crippen MR) is 87.6 cm³/mol. The van der Waals surface area contributed by atoms with Crippen molar-refractivity contribution in [2.75, 3.05) is 25.7 Å². The number of nitrogens with zero attached hydrogens (tertiary/aromatic N) is 1. The van der Waals surface area contributed by atoms with Gasteiger partial charge in [-0.2, -0.15) is 11.8 Å². The van der Waals surface area contributed by atoms with E-state index in [1.54, 1.807) is 18.9 Å². The summed E-state index contributed by atoms with van der Waals surface area (Å²) in [5, 5.41) is 3.48. The molecule has 2 unspecified atom stereocenters. The molecule has 0 saturated carbocycles. The molecule has 1 aliphatic rings. The molecule has 0 radical (unpaired) electrons. The van der Waals surface area contributed by atoms with Crippen LogP contribution in [0.4, 0.5) is 0 Å². The van der Waals surface area contributed by atoms with Gasteiger partial charge in [0.1, 0.15) is 11.9 Å². The first-order valence-corrected chi connectivity index (χ1v) is 8.68. The number of benzene rings is 1. The van der Waals surface area contributed by atoms with E-state index in [1.807, 2.05) is 29.2 Å². The molecule has 5 heteroatoms. The maximum Gasteiger partial charge on any atom is 0.241 e. The van der Waals surface area contributed by atoms with Gasteiger partial charge in [-0.15, -0.1) is 0 Å². The minimum Gasteiger partial charge on any atom is -0.496 e. The zero-order valence-electron chi connectivity index (χ0n) is 13.1. The number of hydrogen-bond acceptors (Lipinski definition) is 4. The summed E-state index contributed by atoms with van der Waals surface area (Å²) in [5.74, 6) is 2.22. The predicted octanol–water partition coefficient (Wildman–Crippen LogP) is 2.51. The maximum absolute atomic E-state index is 12.6. The molecule has 1 aromatic carbocycles. The number of carbonyl (C=O) groups is 1. The van der Waals surface area contributed by atoms with E-state index in [9.17, 15) is 4.79 Å². The van der Waals surface area contributed by atoms with E-state index in [-0.39, 0.29) is 24.0 Å². The van der Waals surface area contributed by atoms with Crippen molar-refractivity contribution in [1.29, 1.82) is 0 Å². The number of nitrogens with one attached hydrogen (secondary N) is 1. The normalized spacial score (nSPS) is 22.1. The second-order valence-corrected chi connectivity index (χ2v) is 6.54. The van der Waals surface area contributed by atoms with Crippen LogP contribution in [0.25, 0.3) is 0 Å². The van der Waals surface area contributed by atoms with Gasteiger partial charge < -0.3 is 9.64 Å². The Morgan fingerprint density at radius 1 is 1.38 bits per heavy atom. The van der Waals surface area contributed by atoms with Crippen molar-refractivity contribution in [2.24, 2.45) is 5.92 Å². The summed E-state index contributed by atoms with van der Waals surface area (Å²) in [5.41, 5.74) is 1.03. The van der Waals surface area contributed by atoms with Gasteiger partial charge in [0.2, 0.25) is 5.91 Å². The Morgan fingerprint density at radius 3 is 2.71 bits per heavy atom. The number of amides is 1. The molecular weight excluding hydrogens is 284 g/mol. The van der Waals surface area contributed by atoms with Crippen LogP contribution in [0.15, 0.2) is 24.3 Å². The van der Waals surface area contributed by atoms with Crippen LogP contribution in [0.3, 0.4) is 0 Å². The summed E-state index contributed by atoms with van der Waals surface area (Å²) < 4.78 is 5.46. The standard InChI is InChI=1S/C16H24N2O2S/c1-11(2)14-16(19)18(9-10-21-4)15(17-14)12-7-5-6-8-13(12)20-3/h5-8,11,14-15,17H,9-10H2,1-4H3. The second kappa shape index (κ2) is 7.18. The maximum atomic E-state index is 12.6. The highest BCUT2D eigenvalue weighted by Gasteiger charge is 2.41. The topological polar surface area (TPSA) is 41.6 Å². The number of thioether (sulfide) groups is 1. The lowest BCUT2D eigenvalue weighted by molar-refractivity contribution is -0.130. The molecule has 1 aliphatic heterocycles. The quantitative estimate of drug-likeness (QED) is 0.877. The molecule has 1 fully saturated rings. The molecule has 21 heavy (non-hydrogen) atoms. The van der Waals surface area contributed by atoms with E-state index >= 15 is 0 Å². The smallest absolute Gasteiger partial charge is 0.241 e. The molecular formula is C16H24N2O2S. The van der Waals surface area contributed by atoms with Crippen LogP contribution in [-0.2, 0) is 4.79 Å². The van der Waals surface area contributed by atoms with Gasteiger partial charge in [-0.3, -0.25) is 10.1 Å². The van der Waals surface area contributed by atoms with Gasteiger partial charge >= 0.3 is 0 Å². The molecule has 0 aromatic heterocycles. The van der Waals surface area contributed by atoms with Crippen LogP contribution in [-0.4, -0.2) is 42.5 Å². The molecule has 2 atom stereocenters. The van der Waals surface area contributed by atoms with Crippen LogP contribution in [0, 0.1) is 5.92 Å².